The minimum absolute atomic E-state index is 0.213. The molecule has 21 heavy (non-hydrogen) atoms. The Labute approximate surface area is 116 Å². The number of hydrogen-bond acceptors (Lipinski definition) is 5. The Bertz CT molecular complexity index is 627. The monoisotopic (exact) mass is 301 g/mol. The second-order valence-corrected chi connectivity index (χ2v) is 4.10. The molecule has 0 saturated carbocycles. The molecule has 0 bridgehead atoms. The number of nitro groups is 1. The quantitative estimate of drug-likeness (QED) is 0.653. The number of rotatable bonds is 5. The number of hydrogen-bond donors (Lipinski definition) is 2. The van der Waals surface area contributed by atoms with E-state index in [0.717, 1.165) is 5.69 Å². The largest absolute Gasteiger partial charge is 0.433 e. The Morgan fingerprint density at radius 3 is 2.71 bits per heavy atom. The molecule has 112 valence electrons. The summed E-state index contributed by atoms with van der Waals surface area (Å²) in [5, 5.41) is 13.4. The fraction of sp³-hybridized carbons (Fsp3) is 0.273. The van der Waals surface area contributed by atoms with E-state index in [1.165, 1.54) is 6.33 Å². The Morgan fingerprint density at radius 2 is 2.14 bits per heavy atom. The zero-order valence-corrected chi connectivity index (χ0v) is 10.5. The Hall–Kier alpha value is -2.65. The Balaban J connectivity index is 2.16. The third-order valence-electron chi connectivity index (χ3n) is 2.63. The molecule has 0 aliphatic heterocycles. The molecule has 7 nitrogen and oxygen atoms in total. The molecule has 2 aromatic heterocycles. The van der Waals surface area contributed by atoms with Crippen LogP contribution in [-0.4, -0.2) is 26.4 Å². The van der Waals surface area contributed by atoms with E-state index in [4.69, 9.17) is 0 Å². The fourth-order valence-corrected chi connectivity index (χ4v) is 1.64. The third kappa shape index (κ3) is 3.68. The van der Waals surface area contributed by atoms with Gasteiger partial charge >= 0.3 is 11.9 Å². The second-order valence-electron chi connectivity index (χ2n) is 4.10. The molecule has 0 amide bonds. The van der Waals surface area contributed by atoms with Crippen molar-refractivity contribution in [2.24, 2.45) is 0 Å². The maximum atomic E-state index is 12.6. The number of anilines is 1. The van der Waals surface area contributed by atoms with Gasteiger partial charge in [-0.05, 0) is 6.07 Å². The molecular weight excluding hydrogens is 291 g/mol. The number of alkyl halides is 3. The predicted octanol–water partition coefficient (Wildman–Crippen LogP) is 2.39. The lowest BCUT2D eigenvalue weighted by Crippen LogP contribution is -2.12. The molecule has 0 radical (unpaired) electrons. The minimum atomic E-state index is -4.66. The van der Waals surface area contributed by atoms with Gasteiger partial charge in [0, 0.05) is 24.9 Å². The molecular formula is C11H10F3N5O2. The lowest BCUT2D eigenvalue weighted by Gasteiger charge is -2.10. The van der Waals surface area contributed by atoms with E-state index in [-0.39, 0.29) is 12.2 Å². The zero-order chi connectivity index (χ0) is 15.5. The Morgan fingerprint density at radius 1 is 1.38 bits per heavy atom. The van der Waals surface area contributed by atoms with E-state index in [1.807, 2.05) is 0 Å². The van der Waals surface area contributed by atoms with E-state index in [2.05, 4.69) is 20.3 Å². The summed E-state index contributed by atoms with van der Waals surface area (Å²) in [6, 6.07) is 0.630. The van der Waals surface area contributed by atoms with Crippen LogP contribution in [0.2, 0.25) is 0 Å². The number of aromatic nitrogens is 3. The van der Waals surface area contributed by atoms with Crippen molar-refractivity contribution in [1.82, 2.24) is 15.0 Å². The molecule has 2 rings (SSSR count). The number of aromatic amines is 1. The van der Waals surface area contributed by atoms with Crippen molar-refractivity contribution in [3.63, 3.8) is 0 Å². The van der Waals surface area contributed by atoms with Crippen LogP contribution in [0.5, 0.6) is 0 Å². The normalized spacial score (nSPS) is 11.4. The van der Waals surface area contributed by atoms with Crippen molar-refractivity contribution >= 4 is 11.4 Å². The molecule has 0 aliphatic carbocycles. The molecule has 0 fully saturated rings. The first-order valence-corrected chi connectivity index (χ1v) is 5.80. The SMILES string of the molecule is O=[N+]([O-])c1cnc(C(F)(F)F)cc1NCCc1cnc[nH]1. The van der Waals surface area contributed by atoms with Crippen LogP contribution >= 0.6 is 0 Å². The van der Waals surface area contributed by atoms with Crippen molar-refractivity contribution in [3.05, 3.63) is 46.3 Å². The molecule has 0 aromatic carbocycles. The maximum Gasteiger partial charge on any atom is 0.433 e. The number of H-pyrrole nitrogens is 1. The van der Waals surface area contributed by atoms with E-state index in [0.29, 0.717) is 18.7 Å². The fourth-order valence-electron chi connectivity index (χ4n) is 1.64. The molecule has 0 unspecified atom stereocenters. The number of nitrogens with one attached hydrogen (secondary N) is 2. The molecule has 2 aromatic rings. The van der Waals surface area contributed by atoms with Gasteiger partial charge in [-0.3, -0.25) is 10.1 Å². The molecule has 0 atom stereocenters. The highest BCUT2D eigenvalue weighted by Crippen LogP contribution is 2.32. The van der Waals surface area contributed by atoms with Gasteiger partial charge in [0.05, 0.1) is 11.3 Å². The van der Waals surface area contributed by atoms with Crippen LogP contribution in [0.1, 0.15) is 11.4 Å². The zero-order valence-electron chi connectivity index (χ0n) is 10.5. The molecule has 10 heteroatoms. The van der Waals surface area contributed by atoms with Crippen LogP contribution in [0.4, 0.5) is 24.5 Å². The molecule has 2 heterocycles. The van der Waals surface area contributed by atoms with Gasteiger partial charge in [-0.1, -0.05) is 0 Å². The van der Waals surface area contributed by atoms with E-state index in [1.54, 1.807) is 6.20 Å². The highest BCUT2D eigenvalue weighted by Gasteiger charge is 2.34. The van der Waals surface area contributed by atoms with Crippen molar-refractivity contribution in [2.45, 2.75) is 12.6 Å². The summed E-state index contributed by atoms with van der Waals surface area (Å²) >= 11 is 0. The minimum Gasteiger partial charge on any atom is -0.379 e. The average Bonchev–Trinajstić information content (AvgIpc) is 2.90. The van der Waals surface area contributed by atoms with E-state index >= 15 is 0 Å². The summed E-state index contributed by atoms with van der Waals surface area (Å²) in [7, 11) is 0. The summed E-state index contributed by atoms with van der Waals surface area (Å²) in [5.74, 6) is 0. The average molecular weight is 301 g/mol. The standard InChI is InChI=1S/C11H10F3N5O2/c12-11(13,14)10-3-8(9(5-17-10)19(20)21)16-2-1-7-4-15-6-18-7/h3-6H,1-2H2,(H,15,18)(H,16,17). The highest BCUT2D eigenvalue weighted by molar-refractivity contribution is 5.61. The van der Waals surface area contributed by atoms with Crippen molar-refractivity contribution < 1.29 is 18.1 Å². The van der Waals surface area contributed by atoms with E-state index in [9.17, 15) is 23.3 Å². The summed E-state index contributed by atoms with van der Waals surface area (Å²) in [4.78, 5) is 19.7. The third-order valence-corrected chi connectivity index (χ3v) is 2.63. The van der Waals surface area contributed by atoms with Crippen molar-refractivity contribution in [1.29, 1.82) is 0 Å². The predicted molar refractivity (Wildman–Crippen MR) is 66.7 cm³/mol. The Kier molecular flexibility index (Phi) is 4.05. The second kappa shape index (κ2) is 5.77. The number of halogens is 3. The van der Waals surface area contributed by atoms with Gasteiger partial charge in [-0.15, -0.1) is 0 Å². The van der Waals surface area contributed by atoms with Gasteiger partial charge < -0.3 is 10.3 Å². The number of imidazole rings is 1. The first-order valence-electron chi connectivity index (χ1n) is 5.80. The van der Waals surface area contributed by atoms with Crippen molar-refractivity contribution in [3.8, 4) is 0 Å². The van der Waals surface area contributed by atoms with Gasteiger partial charge in [0.1, 0.15) is 17.6 Å². The van der Waals surface area contributed by atoms with Gasteiger partial charge in [0.2, 0.25) is 0 Å². The number of nitrogens with zero attached hydrogens (tertiary/aromatic N) is 3. The van der Waals surface area contributed by atoms with Crippen LogP contribution in [0, 0.1) is 10.1 Å². The van der Waals surface area contributed by atoms with Crippen LogP contribution < -0.4 is 5.32 Å². The summed E-state index contributed by atoms with van der Waals surface area (Å²) < 4.78 is 37.7. The van der Waals surface area contributed by atoms with E-state index < -0.39 is 22.5 Å². The van der Waals surface area contributed by atoms with Crippen molar-refractivity contribution in [2.75, 3.05) is 11.9 Å². The van der Waals surface area contributed by atoms with Gasteiger partial charge in [-0.2, -0.15) is 13.2 Å². The topological polar surface area (TPSA) is 96.7 Å². The number of pyridine rings is 1. The lowest BCUT2D eigenvalue weighted by atomic mass is 10.2. The summed E-state index contributed by atoms with van der Waals surface area (Å²) in [6.07, 6.45) is -0.604. The maximum absolute atomic E-state index is 12.6. The smallest absolute Gasteiger partial charge is 0.379 e. The lowest BCUT2D eigenvalue weighted by molar-refractivity contribution is -0.384. The molecule has 0 spiro atoms. The van der Waals surface area contributed by atoms with Gasteiger partial charge in [0.25, 0.3) is 0 Å². The van der Waals surface area contributed by atoms with Crippen LogP contribution in [-0.2, 0) is 12.6 Å². The van der Waals surface area contributed by atoms with Crippen LogP contribution in [0.25, 0.3) is 0 Å². The van der Waals surface area contributed by atoms with Crippen LogP contribution in [0.3, 0.4) is 0 Å². The summed E-state index contributed by atoms with van der Waals surface area (Å²) in [6.45, 7) is 0.213. The first kappa shape index (κ1) is 14.8. The summed E-state index contributed by atoms with van der Waals surface area (Å²) in [5.41, 5.74) is -1.15. The highest BCUT2D eigenvalue weighted by atomic mass is 19.4. The first-order chi connectivity index (χ1) is 9.88. The van der Waals surface area contributed by atoms with Gasteiger partial charge in [0.15, 0.2) is 0 Å². The van der Waals surface area contributed by atoms with Gasteiger partial charge in [-0.25, -0.2) is 9.97 Å². The van der Waals surface area contributed by atoms with Crippen LogP contribution in [0.15, 0.2) is 24.8 Å². The molecule has 2 N–H and O–H groups in total. The molecule has 0 aliphatic rings. The molecule has 0 saturated heterocycles.